The van der Waals surface area contributed by atoms with Gasteiger partial charge in [0.15, 0.2) is 11.6 Å². The van der Waals surface area contributed by atoms with E-state index in [1.807, 2.05) is 0 Å². The second kappa shape index (κ2) is 7.87. The minimum atomic E-state index is -4.28. The van der Waals surface area contributed by atoms with Crippen molar-refractivity contribution in [2.24, 2.45) is 0 Å². The van der Waals surface area contributed by atoms with Gasteiger partial charge in [-0.15, -0.1) is 0 Å². The lowest BCUT2D eigenvalue weighted by molar-refractivity contribution is 0.102. The maximum absolute atomic E-state index is 14.1. The lowest BCUT2D eigenvalue weighted by Gasteiger charge is -2.10. The first-order chi connectivity index (χ1) is 13.3. The predicted molar refractivity (Wildman–Crippen MR) is 93.4 cm³/mol. The third-order valence-corrected chi connectivity index (χ3v) is 5.09. The van der Waals surface area contributed by atoms with E-state index in [1.54, 1.807) is 6.07 Å². The Morgan fingerprint density at radius 3 is 2.39 bits per heavy atom. The van der Waals surface area contributed by atoms with Crippen LogP contribution in [0, 0.1) is 17.5 Å². The summed E-state index contributed by atoms with van der Waals surface area (Å²) in [7, 11) is -4.28. The zero-order valence-electron chi connectivity index (χ0n) is 14.1. The van der Waals surface area contributed by atoms with Gasteiger partial charge in [0.05, 0.1) is 12.8 Å². The number of halogens is 3. The molecule has 0 fully saturated rings. The molecule has 3 aromatic rings. The van der Waals surface area contributed by atoms with Crippen LogP contribution in [0.25, 0.3) is 0 Å². The molecule has 1 amide bonds. The minimum absolute atomic E-state index is 0.0476. The highest BCUT2D eigenvalue weighted by atomic mass is 32.2. The molecule has 28 heavy (non-hydrogen) atoms. The van der Waals surface area contributed by atoms with E-state index in [1.165, 1.54) is 12.3 Å². The molecule has 0 saturated carbocycles. The Bertz CT molecular complexity index is 1120. The summed E-state index contributed by atoms with van der Waals surface area (Å²) in [5.74, 6) is -3.82. The number of furan rings is 1. The molecular formula is C18H13F3N2O4S. The number of benzene rings is 2. The number of amides is 1. The highest BCUT2D eigenvalue weighted by Crippen LogP contribution is 2.19. The molecule has 0 saturated heterocycles. The Balaban J connectivity index is 1.81. The van der Waals surface area contributed by atoms with Crippen LogP contribution in [0.3, 0.4) is 0 Å². The summed E-state index contributed by atoms with van der Waals surface area (Å²) < 4.78 is 72.1. The number of hydrogen-bond acceptors (Lipinski definition) is 4. The van der Waals surface area contributed by atoms with Crippen molar-refractivity contribution in [3.8, 4) is 0 Å². The monoisotopic (exact) mass is 410 g/mol. The summed E-state index contributed by atoms with van der Waals surface area (Å²) in [5, 5.41) is 2.28. The number of sulfonamides is 1. The van der Waals surface area contributed by atoms with Gasteiger partial charge in [0, 0.05) is 17.3 Å². The minimum Gasteiger partial charge on any atom is -0.468 e. The summed E-state index contributed by atoms with van der Waals surface area (Å²) in [4.78, 5) is 11.5. The average molecular weight is 410 g/mol. The molecule has 0 aliphatic heterocycles. The van der Waals surface area contributed by atoms with E-state index in [9.17, 15) is 26.4 Å². The van der Waals surface area contributed by atoms with Crippen molar-refractivity contribution in [2.75, 3.05) is 5.32 Å². The molecule has 2 N–H and O–H groups in total. The first-order valence-electron chi connectivity index (χ1n) is 7.84. The van der Waals surface area contributed by atoms with Crippen molar-refractivity contribution in [1.82, 2.24) is 4.72 Å². The number of carbonyl (C=O) groups excluding carboxylic acids is 1. The lowest BCUT2D eigenvalue weighted by Crippen LogP contribution is -2.24. The van der Waals surface area contributed by atoms with Crippen molar-refractivity contribution in [3.05, 3.63) is 83.6 Å². The first kappa shape index (κ1) is 19.6. The van der Waals surface area contributed by atoms with E-state index in [2.05, 4.69) is 10.0 Å². The van der Waals surface area contributed by atoms with Crippen LogP contribution in [0.4, 0.5) is 18.9 Å². The van der Waals surface area contributed by atoms with Crippen LogP contribution in [0.1, 0.15) is 16.1 Å². The Morgan fingerprint density at radius 2 is 1.71 bits per heavy atom. The maximum atomic E-state index is 14.1. The third kappa shape index (κ3) is 4.41. The quantitative estimate of drug-likeness (QED) is 0.652. The number of rotatable bonds is 6. The van der Waals surface area contributed by atoms with Crippen molar-refractivity contribution < 1.29 is 30.8 Å². The van der Waals surface area contributed by atoms with E-state index in [-0.39, 0.29) is 17.8 Å². The molecule has 0 unspecified atom stereocenters. The van der Waals surface area contributed by atoms with Crippen molar-refractivity contribution >= 4 is 21.6 Å². The van der Waals surface area contributed by atoms with Crippen LogP contribution in [-0.2, 0) is 16.6 Å². The predicted octanol–water partition coefficient (Wildman–Crippen LogP) is 3.43. The van der Waals surface area contributed by atoms with Crippen LogP contribution in [0.5, 0.6) is 0 Å². The van der Waals surface area contributed by atoms with Gasteiger partial charge in [-0.3, -0.25) is 4.79 Å². The molecule has 0 aliphatic carbocycles. The van der Waals surface area contributed by atoms with E-state index in [0.717, 1.165) is 36.4 Å². The van der Waals surface area contributed by atoms with Gasteiger partial charge in [-0.1, -0.05) is 0 Å². The molecule has 2 aromatic carbocycles. The summed E-state index contributed by atoms with van der Waals surface area (Å²) in [6.07, 6.45) is 1.35. The normalized spacial score (nSPS) is 11.4. The number of carbonyl (C=O) groups is 1. The van der Waals surface area contributed by atoms with Crippen LogP contribution in [0.15, 0.2) is 64.1 Å². The molecule has 0 bridgehead atoms. The zero-order valence-corrected chi connectivity index (χ0v) is 14.9. The van der Waals surface area contributed by atoms with Crippen molar-refractivity contribution in [3.63, 3.8) is 0 Å². The highest BCUT2D eigenvalue weighted by Gasteiger charge is 2.21. The van der Waals surface area contributed by atoms with E-state index in [0.29, 0.717) is 5.76 Å². The van der Waals surface area contributed by atoms with Gasteiger partial charge in [-0.05, 0) is 42.5 Å². The van der Waals surface area contributed by atoms with Crippen molar-refractivity contribution in [1.29, 1.82) is 0 Å². The molecule has 0 radical (unpaired) electrons. The molecule has 1 heterocycles. The van der Waals surface area contributed by atoms with E-state index in [4.69, 9.17) is 4.42 Å². The van der Waals surface area contributed by atoms with Crippen LogP contribution >= 0.6 is 0 Å². The van der Waals surface area contributed by atoms with E-state index >= 15 is 0 Å². The molecule has 0 atom stereocenters. The van der Waals surface area contributed by atoms with E-state index < -0.39 is 38.3 Å². The van der Waals surface area contributed by atoms with Gasteiger partial charge in [0.1, 0.15) is 16.5 Å². The summed E-state index contributed by atoms with van der Waals surface area (Å²) in [6, 6.07) is 8.54. The van der Waals surface area contributed by atoms with Crippen LogP contribution < -0.4 is 10.0 Å². The summed E-state index contributed by atoms with van der Waals surface area (Å²) in [5.41, 5.74) is -0.238. The Kier molecular flexibility index (Phi) is 5.52. The molecule has 3 rings (SSSR count). The SMILES string of the molecule is O=C(Nc1ccc(F)c(F)c1)c1ccc(F)c(S(=O)(=O)NCc2ccco2)c1. The fourth-order valence-corrected chi connectivity index (χ4v) is 3.38. The van der Waals surface area contributed by atoms with Crippen LogP contribution in [-0.4, -0.2) is 14.3 Å². The standard InChI is InChI=1S/C18H13F3N2O4S/c19-14-6-4-12(9-16(14)21)23-18(24)11-3-5-15(20)17(8-11)28(25,26)22-10-13-2-1-7-27-13/h1-9,22H,10H2,(H,23,24). The van der Waals surface area contributed by atoms with Gasteiger partial charge in [-0.2, -0.15) is 0 Å². The van der Waals surface area contributed by atoms with Gasteiger partial charge in [0.25, 0.3) is 5.91 Å². The molecule has 1 aromatic heterocycles. The van der Waals surface area contributed by atoms with Gasteiger partial charge < -0.3 is 9.73 Å². The largest absolute Gasteiger partial charge is 0.468 e. The highest BCUT2D eigenvalue weighted by molar-refractivity contribution is 7.89. The number of nitrogens with one attached hydrogen (secondary N) is 2. The van der Waals surface area contributed by atoms with Gasteiger partial charge in [-0.25, -0.2) is 26.3 Å². The maximum Gasteiger partial charge on any atom is 0.255 e. The van der Waals surface area contributed by atoms with Crippen molar-refractivity contribution in [2.45, 2.75) is 11.4 Å². The second-order valence-corrected chi connectivity index (χ2v) is 7.37. The number of hydrogen-bond donors (Lipinski definition) is 2. The average Bonchev–Trinajstić information content (AvgIpc) is 3.17. The Labute approximate surface area is 158 Å². The second-order valence-electron chi connectivity index (χ2n) is 5.63. The smallest absolute Gasteiger partial charge is 0.255 e. The topological polar surface area (TPSA) is 88.4 Å². The fourth-order valence-electron chi connectivity index (χ4n) is 2.28. The Hall–Kier alpha value is -3.11. The first-order valence-corrected chi connectivity index (χ1v) is 9.32. The number of anilines is 1. The third-order valence-electron chi connectivity index (χ3n) is 3.68. The summed E-state index contributed by atoms with van der Waals surface area (Å²) >= 11 is 0. The molecule has 146 valence electrons. The molecule has 0 spiro atoms. The lowest BCUT2D eigenvalue weighted by atomic mass is 10.2. The van der Waals surface area contributed by atoms with Gasteiger partial charge in [0.2, 0.25) is 10.0 Å². The molecule has 0 aliphatic rings. The molecular weight excluding hydrogens is 397 g/mol. The zero-order chi connectivity index (χ0) is 20.3. The molecule has 6 nitrogen and oxygen atoms in total. The fraction of sp³-hybridized carbons (Fsp3) is 0.0556. The Morgan fingerprint density at radius 1 is 0.964 bits per heavy atom. The summed E-state index contributed by atoms with van der Waals surface area (Å²) in [6.45, 7) is -0.208. The molecule has 10 heteroatoms. The van der Waals surface area contributed by atoms with Crippen LogP contribution in [0.2, 0.25) is 0 Å². The van der Waals surface area contributed by atoms with Gasteiger partial charge >= 0.3 is 0 Å².